The van der Waals surface area contributed by atoms with Crippen LogP contribution in [-0.2, 0) is 23.7 Å². The molecule has 0 unspecified atom stereocenters. The Bertz CT molecular complexity index is 1150. The molecule has 2 aliphatic heterocycles. The van der Waals surface area contributed by atoms with Gasteiger partial charge in [0.25, 0.3) is 0 Å². The number of aliphatic hydroxyl groups excluding tert-OH is 3. The van der Waals surface area contributed by atoms with E-state index in [-0.39, 0.29) is 70.4 Å². The Morgan fingerprint density at radius 3 is 2.45 bits per heavy atom. The molecule has 0 aromatic heterocycles. The molecular formula is C35H55O9-. The Kier molecular flexibility index (Phi) is 7.47. The lowest BCUT2D eigenvalue weighted by Crippen LogP contribution is -2.62. The van der Waals surface area contributed by atoms with E-state index in [9.17, 15) is 25.2 Å². The molecule has 0 radical (unpaired) electrons. The third kappa shape index (κ3) is 4.11. The molecule has 3 N–H and O–H groups in total. The van der Waals surface area contributed by atoms with E-state index < -0.39 is 30.6 Å². The summed E-state index contributed by atoms with van der Waals surface area (Å²) in [6.45, 7) is 14.4. The van der Waals surface area contributed by atoms with Gasteiger partial charge in [0.15, 0.2) is 12.6 Å². The number of aliphatic hydroxyl groups is 3. The maximum atomic E-state index is 12.4. The summed E-state index contributed by atoms with van der Waals surface area (Å²) in [6.07, 6.45) is 2.99. The highest BCUT2D eigenvalue weighted by Gasteiger charge is 2.84. The van der Waals surface area contributed by atoms with Gasteiger partial charge in [-0.25, -0.2) is 0 Å². The number of rotatable bonds is 6. The van der Waals surface area contributed by atoms with E-state index in [4.69, 9.17) is 18.9 Å². The maximum absolute atomic E-state index is 12.4. The molecule has 7 aliphatic rings. The molecule has 250 valence electrons. The van der Waals surface area contributed by atoms with Crippen LogP contribution in [0.25, 0.3) is 0 Å². The third-order valence-electron chi connectivity index (χ3n) is 15.2. The zero-order chi connectivity index (χ0) is 31.6. The Labute approximate surface area is 262 Å². The Morgan fingerprint density at radius 2 is 1.75 bits per heavy atom. The molecule has 7 rings (SSSR count). The van der Waals surface area contributed by atoms with Gasteiger partial charge < -0.3 is 44.2 Å². The number of carboxylic acid groups (broad SMARTS) is 1. The average Bonchev–Trinajstić information content (AvgIpc) is 3.52. The van der Waals surface area contributed by atoms with Crippen LogP contribution in [0.4, 0.5) is 0 Å². The van der Waals surface area contributed by atoms with E-state index in [1.54, 1.807) is 0 Å². The van der Waals surface area contributed by atoms with E-state index in [0.29, 0.717) is 24.4 Å². The van der Waals surface area contributed by atoms with Gasteiger partial charge in [0, 0.05) is 19.0 Å². The second kappa shape index (κ2) is 10.3. The normalized spacial score (nSPS) is 57.3. The molecule has 2 spiro atoms. The average molecular weight is 620 g/mol. The zero-order valence-electron chi connectivity index (χ0n) is 27.5. The lowest BCUT2D eigenvalue weighted by molar-refractivity contribution is -0.313. The Balaban J connectivity index is 1.20. The number of ether oxygens (including phenoxy) is 4. The highest BCUT2D eigenvalue weighted by molar-refractivity contribution is 5.64. The van der Waals surface area contributed by atoms with Crippen LogP contribution in [0, 0.1) is 56.7 Å². The first-order chi connectivity index (χ1) is 20.6. The number of aliphatic carboxylic acids is 1. The molecule has 44 heavy (non-hydrogen) atoms. The van der Waals surface area contributed by atoms with Crippen molar-refractivity contribution in [2.75, 3.05) is 13.2 Å². The van der Waals surface area contributed by atoms with Gasteiger partial charge in [-0.05, 0) is 115 Å². The molecule has 9 heteroatoms. The van der Waals surface area contributed by atoms with Gasteiger partial charge >= 0.3 is 0 Å². The lowest BCUT2D eigenvalue weighted by Gasteiger charge is -2.65. The van der Waals surface area contributed by atoms with Crippen LogP contribution in [0.3, 0.4) is 0 Å². The smallest absolute Gasteiger partial charge is 0.186 e. The summed E-state index contributed by atoms with van der Waals surface area (Å²) < 4.78 is 24.8. The van der Waals surface area contributed by atoms with Gasteiger partial charge in [-0.15, -0.1) is 0 Å². The fourth-order valence-electron chi connectivity index (χ4n) is 13.6. The van der Waals surface area contributed by atoms with Crippen LogP contribution in [0.2, 0.25) is 0 Å². The van der Waals surface area contributed by atoms with Gasteiger partial charge in [-0.2, -0.15) is 0 Å². The molecule has 0 aromatic rings. The fourth-order valence-corrected chi connectivity index (χ4v) is 13.6. The van der Waals surface area contributed by atoms with Crippen LogP contribution in [-0.4, -0.2) is 77.6 Å². The van der Waals surface area contributed by atoms with Crippen molar-refractivity contribution < 1.29 is 44.2 Å². The number of hydrogen-bond acceptors (Lipinski definition) is 9. The number of carboxylic acids is 1. The monoisotopic (exact) mass is 619 g/mol. The van der Waals surface area contributed by atoms with Gasteiger partial charge in [0.2, 0.25) is 0 Å². The van der Waals surface area contributed by atoms with Crippen molar-refractivity contribution in [1.82, 2.24) is 0 Å². The minimum atomic E-state index is -1.35. The van der Waals surface area contributed by atoms with Crippen LogP contribution in [0.5, 0.6) is 0 Å². The molecule has 0 aromatic carbocycles. The van der Waals surface area contributed by atoms with Crippen molar-refractivity contribution in [1.29, 1.82) is 0 Å². The minimum absolute atomic E-state index is 0.0389. The van der Waals surface area contributed by atoms with E-state index in [2.05, 4.69) is 34.6 Å². The first kappa shape index (κ1) is 31.8. The number of hydrogen-bond donors (Lipinski definition) is 3. The third-order valence-corrected chi connectivity index (χ3v) is 15.2. The predicted molar refractivity (Wildman–Crippen MR) is 157 cm³/mol. The summed E-state index contributed by atoms with van der Waals surface area (Å²) >= 11 is 0. The minimum Gasteiger partial charge on any atom is -0.550 e. The number of fused-ring (bicyclic) bond motifs is 4. The Hall–Kier alpha value is -0.810. The second-order valence-electron chi connectivity index (χ2n) is 17.2. The molecule has 5 saturated carbocycles. The topological polar surface area (TPSA) is 138 Å². The van der Waals surface area contributed by atoms with Gasteiger partial charge in [-0.3, -0.25) is 0 Å². The fraction of sp³-hybridized carbons (Fsp3) is 0.971. The van der Waals surface area contributed by atoms with Crippen molar-refractivity contribution in [3.05, 3.63) is 0 Å². The second-order valence-corrected chi connectivity index (χ2v) is 17.2. The van der Waals surface area contributed by atoms with Crippen molar-refractivity contribution in [3.63, 3.8) is 0 Å². The van der Waals surface area contributed by atoms with Crippen LogP contribution < -0.4 is 5.11 Å². The van der Waals surface area contributed by atoms with Crippen LogP contribution in [0.15, 0.2) is 0 Å². The predicted octanol–water partition coefficient (Wildman–Crippen LogP) is 3.01. The molecule has 5 aliphatic carbocycles. The highest BCUT2D eigenvalue weighted by Crippen LogP contribution is 2.90. The van der Waals surface area contributed by atoms with E-state index in [0.717, 1.165) is 38.5 Å². The van der Waals surface area contributed by atoms with Crippen molar-refractivity contribution >= 4 is 5.97 Å². The van der Waals surface area contributed by atoms with Crippen molar-refractivity contribution in [2.24, 2.45) is 56.7 Å². The quantitative estimate of drug-likeness (QED) is 0.383. The van der Waals surface area contributed by atoms with Gasteiger partial charge in [0.1, 0.15) is 18.3 Å². The first-order valence-corrected chi connectivity index (χ1v) is 17.4. The molecule has 2 heterocycles. The van der Waals surface area contributed by atoms with Crippen LogP contribution >= 0.6 is 0 Å². The van der Waals surface area contributed by atoms with Crippen molar-refractivity contribution in [3.8, 4) is 0 Å². The number of carbonyl (C=O) groups is 1. The maximum Gasteiger partial charge on any atom is 0.186 e. The summed E-state index contributed by atoms with van der Waals surface area (Å²) in [6, 6.07) is 0. The molecule has 16 atom stereocenters. The van der Waals surface area contributed by atoms with Crippen molar-refractivity contribution in [2.45, 2.75) is 142 Å². The van der Waals surface area contributed by atoms with E-state index >= 15 is 0 Å². The molecule has 0 bridgehead atoms. The number of carbonyl (C=O) groups excluding carboxylic acids is 1. The van der Waals surface area contributed by atoms with Crippen LogP contribution in [0.1, 0.15) is 99.3 Å². The summed E-state index contributed by atoms with van der Waals surface area (Å²) in [7, 11) is 0. The largest absolute Gasteiger partial charge is 0.550 e. The molecule has 9 nitrogen and oxygen atoms in total. The standard InChI is InChI=1S/C35H56O9/c1-7-41-25-12-18(2)26-21(43-25)15-33(6)22-13-19(14-24(37)38)29-31(3,4)23(44-30-28(40)27(39)20(36)16-42-30)8-9-35(29)17-34(22,35)11-10-32(26,33)5/h18-23,25-30,36,39-40H,7-17H2,1-6H3,(H,37,38)/p-1/t18-,19-,20-,21+,22+,23+,25-,26+,27+,28-,29+,30+,32-,33+,34+,35-/m1/s1. The van der Waals surface area contributed by atoms with E-state index in [1.165, 1.54) is 12.8 Å². The van der Waals surface area contributed by atoms with Gasteiger partial charge in [0.05, 0.1) is 18.8 Å². The molecular weight excluding hydrogens is 564 g/mol. The summed E-state index contributed by atoms with van der Waals surface area (Å²) in [4.78, 5) is 12.4. The van der Waals surface area contributed by atoms with Gasteiger partial charge in [-0.1, -0.05) is 34.6 Å². The first-order valence-electron chi connectivity index (χ1n) is 17.4. The summed E-state index contributed by atoms with van der Waals surface area (Å²) in [5.41, 5.74) is 0.0313. The highest BCUT2D eigenvalue weighted by atomic mass is 16.7. The molecule has 7 fully saturated rings. The Morgan fingerprint density at radius 1 is 1.00 bits per heavy atom. The zero-order valence-corrected chi connectivity index (χ0v) is 27.5. The molecule has 2 saturated heterocycles. The summed E-state index contributed by atoms with van der Waals surface area (Å²) in [5.74, 6) is 0.523. The van der Waals surface area contributed by atoms with E-state index in [1.807, 2.05) is 6.92 Å². The SMILES string of the molecule is CCO[C@H]1C[C@@H](C)[C@H]2[C@H](C[C@@]3(C)[C@@H]4C[C@H](CC(=O)[O-])[C@H]5C(C)(C)[C@@H](O[C@@H]6OC[C@@H](O)[C@H](O)[C@H]6O)CC[C@@]56C[C@@]46CC[C@]23C)O1. The lowest BCUT2D eigenvalue weighted by atomic mass is 9.40. The molecule has 0 amide bonds. The summed E-state index contributed by atoms with van der Waals surface area (Å²) in [5, 5.41) is 43.3.